The Hall–Kier alpha value is -0.0400. The van der Waals surface area contributed by atoms with Crippen molar-refractivity contribution in [3.05, 3.63) is 0 Å². The van der Waals surface area contributed by atoms with Crippen LogP contribution in [0.5, 0.6) is 0 Å². The van der Waals surface area contributed by atoms with Gasteiger partial charge < -0.3 is 5.32 Å². The van der Waals surface area contributed by atoms with E-state index in [9.17, 15) is 0 Å². The third-order valence-electron chi connectivity index (χ3n) is 2.55. The molecular formula is C9H19N. The second-order valence-electron chi connectivity index (χ2n) is 3.54. The highest BCUT2D eigenvalue weighted by molar-refractivity contribution is 4.75. The fraction of sp³-hybridized carbons (Fsp3) is 1.00. The Balaban J connectivity index is 2.11. The molecule has 1 nitrogen and oxygen atoms in total. The van der Waals surface area contributed by atoms with E-state index in [0.29, 0.717) is 0 Å². The number of hydrogen-bond donors (Lipinski definition) is 1. The van der Waals surface area contributed by atoms with Crippen LogP contribution in [0.2, 0.25) is 0 Å². The maximum Gasteiger partial charge on any atom is 0.00700 e. The largest absolute Gasteiger partial charge is 0.314 e. The van der Waals surface area contributed by atoms with Crippen molar-refractivity contribution < 1.29 is 0 Å². The van der Waals surface area contributed by atoms with Crippen LogP contribution in [0.1, 0.15) is 39.5 Å². The van der Waals surface area contributed by atoms with Gasteiger partial charge in [0, 0.05) is 6.04 Å². The van der Waals surface area contributed by atoms with E-state index in [-0.39, 0.29) is 0 Å². The fourth-order valence-electron chi connectivity index (χ4n) is 1.61. The predicted molar refractivity (Wildman–Crippen MR) is 45.1 cm³/mol. The monoisotopic (exact) mass is 141 g/mol. The van der Waals surface area contributed by atoms with E-state index in [1.165, 1.54) is 32.2 Å². The van der Waals surface area contributed by atoms with Gasteiger partial charge in [-0.05, 0) is 31.7 Å². The van der Waals surface area contributed by atoms with Crippen molar-refractivity contribution in [2.45, 2.75) is 45.6 Å². The Bertz CT molecular complexity index is 84.7. The Labute approximate surface area is 64.2 Å². The van der Waals surface area contributed by atoms with Gasteiger partial charge in [0.05, 0.1) is 0 Å². The lowest BCUT2D eigenvalue weighted by molar-refractivity contribution is 0.428. The number of hydrogen-bond acceptors (Lipinski definition) is 1. The van der Waals surface area contributed by atoms with Gasteiger partial charge in [0.2, 0.25) is 0 Å². The molecule has 1 saturated heterocycles. The summed E-state index contributed by atoms with van der Waals surface area (Å²) in [4.78, 5) is 0. The highest BCUT2D eigenvalue weighted by Gasteiger charge is 2.15. The molecule has 1 heteroatoms. The Kier molecular flexibility index (Phi) is 3.20. The summed E-state index contributed by atoms with van der Waals surface area (Å²) in [6.45, 7) is 5.88. The Morgan fingerprint density at radius 3 is 2.90 bits per heavy atom. The van der Waals surface area contributed by atoms with E-state index in [0.717, 1.165) is 12.0 Å². The standard InChI is InChI=1S/C9H19N/c1-3-8(2)7-9-5-4-6-10-9/h8-10H,3-7H2,1-2H3. The van der Waals surface area contributed by atoms with Gasteiger partial charge in [-0.3, -0.25) is 0 Å². The topological polar surface area (TPSA) is 12.0 Å². The average Bonchev–Trinajstić information content (AvgIpc) is 2.40. The maximum atomic E-state index is 3.52. The average molecular weight is 141 g/mol. The van der Waals surface area contributed by atoms with Crippen molar-refractivity contribution in [2.75, 3.05) is 6.54 Å². The third-order valence-corrected chi connectivity index (χ3v) is 2.55. The van der Waals surface area contributed by atoms with E-state index in [2.05, 4.69) is 19.2 Å². The summed E-state index contributed by atoms with van der Waals surface area (Å²) < 4.78 is 0. The first-order valence-corrected chi connectivity index (χ1v) is 4.56. The molecule has 1 rings (SSSR count). The van der Waals surface area contributed by atoms with Crippen LogP contribution in [-0.4, -0.2) is 12.6 Å². The smallest absolute Gasteiger partial charge is 0.00700 e. The summed E-state index contributed by atoms with van der Waals surface area (Å²) in [5.74, 6) is 0.913. The molecule has 10 heavy (non-hydrogen) atoms. The molecule has 1 aliphatic rings. The van der Waals surface area contributed by atoms with Crippen molar-refractivity contribution in [3.63, 3.8) is 0 Å². The van der Waals surface area contributed by atoms with Gasteiger partial charge in [-0.2, -0.15) is 0 Å². The molecule has 0 bridgehead atoms. The normalized spacial score (nSPS) is 28.8. The predicted octanol–water partition coefficient (Wildman–Crippen LogP) is 2.17. The third kappa shape index (κ3) is 2.30. The first-order chi connectivity index (χ1) is 4.83. The van der Waals surface area contributed by atoms with Gasteiger partial charge in [0.1, 0.15) is 0 Å². The highest BCUT2D eigenvalue weighted by Crippen LogP contribution is 2.16. The summed E-state index contributed by atoms with van der Waals surface area (Å²) in [5, 5.41) is 3.52. The zero-order valence-corrected chi connectivity index (χ0v) is 7.19. The van der Waals surface area contributed by atoms with Gasteiger partial charge in [0.25, 0.3) is 0 Å². The summed E-state index contributed by atoms with van der Waals surface area (Å²) in [5.41, 5.74) is 0. The minimum Gasteiger partial charge on any atom is -0.314 e. The van der Waals surface area contributed by atoms with Crippen LogP contribution >= 0.6 is 0 Å². The lowest BCUT2D eigenvalue weighted by Gasteiger charge is -2.14. The first-order valence-electron chi connectivity index (χ1n) is 4.56. The molecule has 0 aromatic heterocycles. The minimum absolute atomic E-state index is 0.843. The second-order valence-corrected chi connectivity index (χ2v) is 3.54. The van der Waals surface area contributed by atoms with Gasteiger partial charge in [-0.1, -0.05) is 20.3 Å². The Morgan fingerprint density at radius 1 is 1.60 bits per heavy atom. The summed E-state index contributed by atoms with van der Waals surface area (Å²) >= 11 is 0. The lowest BCUT2D eigenvalue weighted by atomic mass is 9.99. The molecule has 2 atom stereocenters. The molecule has 0 aliphatic carbocycles. The van der Waals surface area contributed by atoms with Crippen molar-refractivity contribution in [2.24, 2.45) is 5.92 Å². The molecule has 0 spiro atoms. The molecule has 1 N–H and O–H groups in total. The SMILES string of the molecule is CCC(C)CC1CCCN1. The van der Waals surface area contributed by atoms with Crippen LogP contribution < -0.4 is 5.32 Å². The van der Waals surface area contributed by atoms with E-state index in [1.54, 1.807) is 0 Å². The van der Waals surface area contributed by atoms with E-state index < -0.39 is 0 Å². The zero-order chi connectivity index (χ0) is 7.40. The molecule has 1 heterocycles. The summed E-state index contributed by atoms with van der Waals surface area (Å²) in [7, 11) is 0. The van der Waals surface area contributed by atoms with Gasteiger partial charge >= 0.3 is 0 Å². The van der Waals surface area contributed by atoms with Crippen molar-refractivity contribution in [3.8, 4) is 0 Å². The molecule has 0 amide bonds. The van der Waals surface area contributed by atoms with Crippen molar-refractivity contribution in [1.29, 1.82) is 0 Å². The zero-order valence-electron chi connectivity index (χ0n) is 7.19. The summed E-state index contributed by atoms with van der Waals surface area (Å²) in [6.07, 6.45) is 5.51. The maximum absolute atomic E-state index is 3.52. The molecule has 0 aromatic rings. The van der Waals surface area contributed by atoms with Crippen LogP contribution in [0.15, 0.2) is 0 Å². The van der Waals surface area contributed by atoms with Crippen LogP contribution in [0.4, 0.5) is 0 Å². The highest BCUT2D eigenvalue weighted by atomic mass is 14.9. The van der Waals surface area contributed by atoms with E-state index in [1.807, 2.05) is 0 Å². The lowest BCUT2D eigenvalue weighted by Crippen LogP contribution is -2.23. The fourth-order valence-corrected chi connectivity index (χ4v) is 1.61. The quantitative estimate of drug-likeness (QED) is 0.635. The molecule has 1 fully saturated rings. The Morgan fingerprint density at radius 2 is 2.40 bits per heavy atom. The summed E-state index contributed by atoms with van der Waals surface area (Å²) in [6, 6.07) is 0.843. The molecule has 0 aromatic carbocycles. The molecular weight excluding hydrogens is 122 g/mol. The minimum atomic E-state index is 0.843. The van der Waals surface area contributed by atoms with Crippen molar-refractivity contribution in [1.82, 2.24) is 5.32 Å². The van der Waals surface area contributed by atoms with E-state index >= 15 is 0 Å². The van der Waals surface area contributed by atoms with Crippen LogP contribution in [-0.2, 0) is 0 Å². The van der Waals surface area contributed by atoms with Crippen LogP contribution in [0.25, 0.3) is 0 Å². The molecule has 1 aliphatic heterocycles. The van der Waals surface area contributed by atoms with Gasteiger partial charge in [-0.25, -0.2) is 0 Å². The molecule has 0 saturated carbocycles. The molecule has 0 radical (unpaired) electrons. The first kappa shape index (κ1) is 8.06. The van der Waals surface area contributed by atoms with Crippen molar-refractivity contribution >= 4 is 0 Å². The van der Waals surface area contributed by atoms with Crippen LogP contribution in [0.3, 0.4) is 0 Å². The van der Waals surface area contributed by atoms with E-state index in [4.69, 9.17) is 0 Å². The van der Waals surface area contributed by atoms with Crippen LogP contribution in [0, 0.1) is 5.92 Å². The molecule has 60 valence electrons. The number of rotatable bonds is 3. The van der Waals surface area contributed by atoms with Gasteiger partial charge in [0.15, 0.2) is 0 Å². The second kappa shape index (κ2) is 3.97. The van der Waals surface area contributed by atoms with Gasteiger partial charge in [-0.15, -0.1) is 0 Å². The number of nitrogens with one attached hydrogen (secondary N) is 1. The molecule has 2 unspecified atom stereocenters.